The van der Waals surface area contributed by atoms with Gasteiger partial charge in [-0.25, -0.2) is 15.0 Å². The lowest BCUT2D eigenvalue weighted by molar-refractivity contribution is -0.135. The summed E-state index contributed by atoms with van der Waals surface area (Å²) in [6.45, 7) is 7.04. The molecule has 3 heterocycles. The van der Waals surface area contributed by atoms with Crippen molar-refractivity contribution in [3.63, 3.8) is 0 Å². The van der Waals surface area contributed by atoms with Crippen LogP contribution >= 0.6 is 0 Å². The van der Waals surface area contributed by atoms with Crippen molar-refractivity contribution in [3.05, 3.63) is 59.3 Å². The zero-order valence-corrected chi connectivity index (χ0v) is 22.7. The Morgan fingerprint density at radius 2 is 1.92 bits per heavy atom. The van der Waals surface area contributed by atoms with Crippen LogP contribution in [0.1, 0.15) is 60.7 Å². The summed E-state index contributed by atoms with van der Waals surface area (Å²) in [4.78, 5) is 38.6. The van der Waals surface area contributed by atoms with Gasteiger partial charge in [-0.3, -0.25) is 9.59 Å². The molecule has 0 radical (unpaired) electrons. The second kappa shape index (κ2) is 11.9. The predicted octanol–water partition coefficient (Wildman–Crippen LogP) is 3.14. The highest BCUT2D eigenvalue weighted by molar-refractivity contribution is 5.96. The Morgan fingerprint density at radius 1 is 1.18 bits per heavy atom. The number of rotatable bonds is 9. The molecule has 10 heteroatoms. The number of aromatic hydroxyl groups is 1. The zero-order chi connectivity index (χ0) is 28.2. The summed E-state index contributed by atoms with van der Waals surface area (Å²) in [6.07, 6.45) is 11.7. The van der Waals surface area contributed by atoms with Crippen molar-refractivity contribution in [2.75, 3.05) is 31.1 Å². The van der Waals surface area contributed by atoms with Crippen molar-refractivity contribution in [1.82, 2.24) is 20.3 Å². The molecule has 1 amide bonds. The molecule has 0 saturated carbocycles. The Labute approximate surface area is 228 Å². The van der Waals surface area contributed by atoms with Crippen LogP contribution in [0.5, 0.6) is 5.75 Å². The van der Waals surface area contributed by atoms with Gasteiger partial charge in [-0.15, -0.1) is 0 Å². The van der Waals surface area contributed by atoms with Gasteiger partial charge in [0.2, 0.25) is 0 Å². The Balaban J connectivity index is 1.33. The van der Waals surface area contributed by atoms with E-state index in [1.807, 2.05) is 6.20 Å². The topological polar surface area (TPSA) is 149 Å². The summed E-state index contributed by atoms with van der Waals surface area (Å²) >= 11 is 0. The lowest BCUT2D eigenvalue weighted by atomic mass is 9.75. The fourth-order valence-corrected chi connectivity index (χ4v) is 5.01. The van der Waals surface area contributed by atoms with E-state index in [9.17, 15) is 19.8 Å². The van der Waals surface area contributed by atoms with Crippen LogP contribution in [0.25, 0.3) is 5.57 Å². The quantitative estimate of drug-likeness (QED) is 0.380. The van der Waals surface area contributed by atoms with E-state index in [1.54, 1.807) is 6.92 Å². The van der Waals surface area contributed by atoms with Crippen LogP contribution in [-0.4, -0.2) is 68.4 Å². The third-order valence-electron chi connectivity index (χ3n) is 7.72. The van der Waals surface area contributed by atoms with Gasteiger partial charge in [0.1, 0.15) is 18.2 Å². The van der Waals surface area contributed by atoms with E-state index < -0.39 is 18.4 Å². The molecule has 1 saturated heterocycles. The molecule has 1 aliphatic carbocycles. The second-order valence-corrected chi connectivity index (χ2v) is 11.0. The van der Waals surface area contributed by atoms with Crippen LogP contribution in [0.2, 0.25) is 0 Å². The number of hydrogen-bond acceptors (Lipinski definition) is 8. The van der Waals surface area contributed by atoms with Crippen LogP contribution in [0.15, 0.2) is 36.6 Å². The van der Waals surface area contributed by atoms with Gasteiger partial charge in [0.25, 0.3) is 5.91 Å². The van der Waals surface area contributed by atoms with Gasteiger partial charge >= 0.3 is 5.97 Å². The molecule has 1 fully saturated rings. The molecule has 1 aliphatic heterocycles. The van der Waals surface area contributed by atoms with Gasteiger partial charge in [-0.1, -0.05) is 32.1 Å². The van der Waals surface area contributed by atoms with E-state index in [1.165, 1.54) is 0 Å². The summed E-state index contributed by atoms with van der Waals surface area (Å²) < 4.78 is 0. The van der Waals surface area contributed by atoms with E-state index in [-0.39, 0.29) is 29.2 Å². The number of piperidine rings is 1. The number of carboxylic acids is 1. The molecule has 208 valence electrons. The molecule has 2 aliphatic rings. The summed E-state index contributed by atoms with van der Waals surface area (Å²) in [5, 5.41) is 30.9. The highest BCUT2D eigenvalue weighted by Gasteiger charge is 2.28. The maximum absolute atomic E-state index is 12.3. The number of nitrogens with zero attached hydrogens (tertiary/aromatic N) is 4. The average Bonchev–Trinajstić information content (AvgIpc) is 2.94. The standard InChI is InChI=1S/C29H37N5O5/c1-18-27(38)26(28(39)31-16-25(36)37)33-23(32-18)14-19-10-12-34(13-11-19)24-9-6-21(15-30-24)20-4-7-22(8-5-20)29(2,3)17-35/h4-7,9,15,19,22,35,38H,8,10-14,16-17H2,1-3H3,(H,31,39)(H,36,37). The molecule has 1 unspecified atom stereocenters. The number of amides is 1. The molecule has 2 aromatic rings. The lowest BCUT2D eigenvalue weighted by Gasteiger charge is -2.33. The third-order valence-corrected chi connectivity index (χ3v) is 7.72. The van der Waals surface area contributed by atoms with Crippen LogP contribution in [0, 0.1) is 24.2 Å². The van der Waals surface area contributed by atoms with Gasteiger partial charge < -0.3 is 25.5 Å². The van der Waals surface area contributed by atoms with E-state index in [0.29, 0.717) is 24.1 Å². The fourth-order valence-electron chi connectivity index (χ4n) is 5.01. The molecule has 4 N–H and O–H groups in total. The number of aliphatic hydroxyl groups is 1. The second-order valence-electron chi connectivity index (χ2n) is 11.0. The van der Waals surface area contributed by atoms with Gasteiger partial charge in [-0.2, -0.15) is 0 Å². The number of carbonyl (C=O) groups is 2. The van der Waals surface area contributed by atoms with Crippen LogP contribution in [0.3, 0.4) is 0 Å². The fraction of sp³-hybridized carbons (Fsp3) is 0.483. The van der Waals surface area contributed by atoms with Crippen LogP contribution in [-0.2, 0) is 11.2 Å². The molecule has 39 heavy (non-hydrogen) atoms. The van der Waals surface area contributed by atoms with Crippen molar-refractivity contribution in [1.29, 1.82) is 0 Å². The van der Waals surface area contributed by atoms with Crippen molar-refractivity contribution in [2.45, 2.75) is 46.5 Å². The van der Waals surface area contributed by atoms with Crippen molar-refractivity contribution >= 4 is 23.3 Å². The van der Waals surface area contributed by atoms with E-state index in [0.717, 1.165) is 49.3 Å². The number of pyridine rings is 1. The third kappa shape index (κ3) is 6.81. The number of carboxylic acid groups (broad SMARTS) is 1. The first-order valence-corrected chi connectivity index (χ1v) is 13.3. The highest BCUT2D eigenvalue weighted by Crippen LogP contribution is 2.35. The number of hydrogen-bond donors (Lipinski definition) is 4. The molecule has 1 atom stereocenters. The molecule has 0 aromatic carbocycles. The minimum absolute atomic E-state index is 0.140. The molecule has 2 aromatic heterocycles. The van der Waals surface area contributed by atoms with Gasteiger partial charge in [0.15, 0.2) is 11.4 Å². The van der Waals surface area contributed by atoms with Crippen molar-refractivity contribution in [2.24, 2.45) is 17.3 Å². The normalized spacial score (nSPS) is 18.1. The number of anilines is 1. The number of nitrogens with one attached hydrogen (secondary N) is 1. The number of aliphatic carboxylic acids is 1. The summed E-state index contributed by atoms with van der Waals surface area (Å²) in [5.41, 5.74) is 2.18. The summed E-state index contributed by atoms with van der Waals surface area (Å²) in [7, 11) is 0. The van der Waals surface area contributed by atoms with E-state index in [4.69, 9.17) is 10.1 Å². The Kier molecular flexibility index (Phi) is 8.64. The lowest BCUT2D eigenvalue weighted by Crippen LogP contribution is -2.35. The average molecular weight is 536 g/mol. The minimum Gasteiger partial charge on any atom is -0.504 e. The van der Waals surface area contributed by atoms with Crippen LogP contribution < -0.4 is 10.2 Å². The predicted molar refractivity (Wildman–Crippen MR) is 147 cm³/mol. The van der Waals surface area contributed by atoms with Gasteiger partial charge in [0, 0.05) is 32.3 Å². The van der Waals surface area contributed by atoms with Crippen molar-refractivity contribution in [3.8, 4) is 5.75 Å². The first-order chi connectivity index (χ1) is 18.6. The van der Waals surface area contributed by atoms with E-state index >= 15 is 0 Å². The monoisotopic (exact) mass is 535 g/mol. The number of carbonyl (C=O) groups excluding carboxylic acids is 1. The zero-order valence-electron chi connectivity index (χ0n) is 22.7. The minimum atomic E-state index is -1.18. The Bertz CT molecular complexity index is 1260. The maximum atomic E-state index is 12.3. The van der Waals surface area contributed by atoms with Crippen molar-refractivity contribution < 1.29 is 24.9 Å². The number of allylic oxidation sites excluding steroid dienone is 4. The molecule has 4 rings (SSSR count). The number of aromatic nitrogens is 3. The Morgan fingerprint density at radius 3 is 2.51 bits per heavy atom. The summed E-state index contributed by atoms with van der Waals surface area (Å²) in [5.74, 6) is -0.219. The smallest absolute Gasteiger partial charge is 0.322 e. The van der Waals surface area contributed by atoms with Gasteiger partial charge in [-0.05, 0) is 66.7 Å². The SMILES string of the molecule is Cc1nc(CC2CCN(c3ccc(C4=CCC(C(C)(C)CO)C=C4)cn3)CC2)nc(C(=O)NCC(=O)O)c1O. The van der Waals surface area contributed by atoms with Gasteiger partial charge in [0.05, 0.1) is 5.69 Å². The molecule has 0 bridgehead atoms. The largest absolute Gasteiger partial charge is 0.504 e. The number of aliphatic hydroxyl groups excluding tert-OH is 1. The number of aryl methyl sites for hydroxylation is 1. The molecular formula is C29H37N5O5. The molecular weight excluding hydrogens is 498 g/mol. The maximum Gasteiger partial charge on any atom is 0.322 e. The van der Waals surface area contributed by atoms with E-state index in [2.05, 4.69) is 64.4 Å². The van der Waals surface area contributed by atoms with Crippen LogP contribution in [0.4, 0.5) is 5.82 Å². The first kappa shape index (κ1) is 28.2. The highest BCUT2D eigenvalue weighted by atomic mass is 16.4. The Hall–Kier alpha value is -3.79. The molecule has 10 nitrogen and oxygen atoms in total. The first-order valence-electron chi connectivity index (χ1n) is 13.3. The summed E-state index contributed by atoms with van der Waals surface area (Å²) in [6, 6.07) is 4.16. The molecule has 0 spiro atoms.